The van der Waals surface area contributed by atoms with Gasteiger partial charge in [-0.1, -0.05) is 0 Å². The highest BCUT2D eigenvalue weighted by molar-refractivity contribution is 7.89. The molecule has 0 saturated carbocycles. The van der Waals surface area contributed by atoms with E-state index in [0.29, 0.717) is 24.1 Å². The number of hydrogen-bond donors (Lipinski definition) is 2. The molecule has 1 aromatic carbocycles. The lowest BCUT2D eigenvalue weighted by Crippen LogP contribution is -2.27. The van der Waals surface area contributed by atoms with E-state index in [4.69, 9.17) is 5.73 Å². The summed E-state index contributed by atoms with van der Waals surface area (Å²) in [5.41, 5.74) is 6.13. The molecule has 1 rings (SSSR count). The largest absolute Gasteiger partial charge is 0.330 e. The van der Waals surface area contributed by atoms with E-state index in [1.807, 2.05) is 0 Å². The molecular formula is C11H17N3O4S. The van der Waals surface area contributed by atoms with Crippen LogP contribution in [0.4, 0.5) is 5.69 Å². The van der Waals surface area contributed by atoms with Crippen LogP contribution >= 0.6 is 0 Å². The van der Waals surface area contributed by atoms with Gasteiger partial charge in [-0.25, -0.2) is 13.1 Å². The second kappa shape index (κ2) is 6.09. The van der Waals surface area contributed by atoms with Crippen LogP contribution in [0.25, 0.3) is 0 Å². The molecule has 0 unspecified atom stereocenters. The molecule has 0 bridgehead atoms. The molecule has 0 fully saturated rings. The molecular weight excluding hydrogens is 270 g/mol. The molecule has 0 radical (unpaired) electrons. The number of aryl methyl sites for hydroxylation is 1. The van der Waals surface area contributed by atoms with Crippen molar-refractivity contribution in [2.45, 2.75) is 25.2 Å². The molecule has 0 aromatic heterocycles. The van der Waals surface area contributed by atoms with Gasteiger partial charge in [0.2, 0.25) is 10.0 Å². The Kier molecular flexibility index (Phi) is 4.98. The van der Waals surface area contributed by atoms with Crippen molar-refractivity contribution in [3.05, 3.63) is 33.4 Å². The molecule has 0 amide bonds. The van der Waals surface area contributed by atoms with Crippen molar-refractivity contribution in [1.29, 1.82) is 0 Å². The van der Waals surface area contributed by atoms with E-state index in [9.17, 15) is 18.5 Å². The van der Waals surface area contributed by atoms with Gasteiger partial charge in [0.05, 0.1) is 9.82 Å². The molecule has 19 heavy (non-hydrogen) atoms. The van der Waals surface area contributed by atoms with Crippen LogP contribution < -0.4 is 10.5 Å². The summed E-state index contributed by atoms with van der Waals surface area (Å²) in [5.74, 6) is 0. The van der Waals surface area contributed by atoms with Gasteiger partial charge in [-0.2, -0.15) is 0 Å². The van der Waals surface area contributed by atoms with Crippen molar-refractivity contribution in [3.8, 4) is 0 Å². The normalized spacial score (nSPS) is 11.5. The Morgan fingerprint density at radius 3 is 2.53 bits per heavy atom. The fraction of sp³-hybridized carbons (Fsp3) is 0.455. The molecule has 3 N–H and O–H groups in total. The Morgan fingerprint density at radius 1 is 1.37 bits per heavy atom. The minimum absolute atomic E-state index is 0.0591. The number of non-ortho nitro benzene ring substituents is 1. The van der Waals surface area contributed by atoms with E-state index in [1.54, 1.807) is 13.8 Å². The molecule has 0 spiro atoms. The monoisotopic (exact) mass is 287 g/mol. The molecule has 1 aromatic rings. The predicted molar refractivity (Wildman–Crippen MR) is 71.4 cm³/mol. The lowest BCUT2D eigenvalue weighted by Gasteiger charge is -2.10. The molecule has 106 valence electrons. The number of benzene rings is 1. The number of nitro benzene ring substituents is 1. The molecule has 7 nitrogen and oxygen atoms in total. The lowest BCUT2D eigenvalue weighted by atomic mass is 10.1. The van der Waals surface area contributed by atoms with Gasteiger partial charge in [-0.3, -0.25) is 10.1 Å². The van der Waals surface area contributed by atoms with E-state index < -0.39 is 14.9 Å². The summed E-state index contributed by atoms with van der Waals surface area (Å²) in [6.07, 6.45) is 0.506. The second-order valence-corrected chi connectivity index (χ2v) is 5.92. The summed E-state index contributed by atoms with van der Waals surface area (Å²) in [4.78, 5) is 10.1. The van der Waals surface area contributed by atoms with Gasteiger partial charge in [-0.05, 0) is 37.9 Å². The van der Waals surface area contributed by atoms with Gasteiger partial charge in [0.15, 0.2) is 0 Å². The standard InChI is InChI=1S/C11H17N3O4S/c1-8-6-10(14(15)16)7-11(9(8)2)19(17,18)13-5-3-4-12/h6-7,13H,3-5,12H2,1-2H3. The molecule has 0 aliphatic heterocycles. The molecule has 0 saturated heterocycles. The summed E-state index contributed by atoms with van der Waals surface area (Å²) >= 11 is 0. The summed E-state index contributed by atoms with van der Waals surface area (Å²) in [6.45, 7) is 3.84. The second-order valence-electron chi connectivity index (χ2n) is 4.18. The lowest BCUT2D eigenvalue weighted by molar-refractivity contribution is -0.385. The molecule has 0 aliphatic carbocycles. The Bertz CT molecular complexity index is 584. The van der Waals surface area contributed by atoms with Crippen molar-refractivity contribution < 1.29 is 13.3 Å². The minimum atomic E-state index is -3.75. The van der Waals surface area contributed by atoms with Crippen molar-refractivity contribution in [1.82, 2.24) is 4.72 Å². The average Bonchev–Trinajstić information content (AvgIpc) is 2.32. The summed E-state index contributed by atoms with van der Waals surface area (Å²) in [7, 11) is -3.75. The quantitative estimate of drug-likeness (QED) is 0.457. The van der Waals surface area contributed by atoms with Crippen LogP contribution in [0.15, 0.2) is 17.0 Å². The van der Waals surface area contributed by atoms with Crippen molar-refractivity contribution >= 4 is 15.7 Å². The van der Waals surface area contributed by atoms with Crippen LogP contribution in [-0.4, -0.2) is 26.4 Å². The van der Waals surface area contributed by atoms with Crippen LogP contribution in [0.1, 0.15) is 17.5 Å². The molecule has 0 heterocycles. The van der Waals surface area contributed by atoms with E-state index in [1.165, 1.54) is 6.07 Å². The Hall–Kier alpha value is -1.51. The van der Waals surface area contributed by atoms with Crippen LogP contribution in [0.3, 0.4) is 0 Å². The first kappa shape index (κ1) is 15.5. The number of nitrogens with zero attached hydrogens (tertiary/aromatic N) is 1. The first-order chi connectivity index (χ1) is 8.79. The van der Waals surface area contributed by atoms with Crippen molar-refractivity contribution in [2.75, 3.05) is 13.1 Å². The van der Waals surface area contributed by atoms with Gasteiger partial charge in [0.1, 0.15) is 0 Å². The van der Waals surface area contributed by atoms with Gasteiger partial charge >= 0.3 is 0 Å². The average molecular weight is 287 g/mol. The molecule has 0 atom stereocenters. The highest BCUT2D eigenvalue weighted by atomic mass is 32.2. The summed E-state index contributed by atoms with van der Waals surface area (Å²) in [6, 6.07) is 2.43. The fourth-order valence-electron chi connectivity index (χ4n) is 1.58. The number of hydrogen-bond acceptors (Lipinski definition) is 5. The number of nitro groups is 1. The van der Waals surface area contributed by atoms with E-state index in [-0.39, 0.29) is 17.1 Å². The van der Waals surface area contributed by atoms with E-state index in [2.05, 4.69) is 4.72 Å². The van der Waals surface area contributed by atoms with E-state index in [0.717, 1.165) is 6.07 Å². The third-order valence-corrected chi connectivity index (χ3v) is 4.37. The zero-order chi connectivity index (χ0) is 14.6. The summed E-state index contributed by atoms with van der Waals surface area (Å²) in [5, 5.41) is 10.8. The maximum atomic E-state index is 12.1. The van der Waals surface area contributed by atoms with Crippen molar-refractivity contribution in [2.24, 2.45) is 5.73 Å². The Morgan fingerprint density at radius 2 is 2.00 bits per heavy atom. The summed E-state index contributed by atoms with van der Waals surface area (Å²) < 4.78 is 26.5. The molecule has 0 aliphatic rings. The van der Waals surface area contributed by atoms with Crippen LogP contribution in [0.5, 0.6) is 0 Å². The van der Waals surface area contributed by atoms with Crippen molar-refractivity contribution in [3.63, 3.8) is 0 Å². The fourth-order valence-corrected chi connectivity index (χ4v) is 2.99. The third-order valence-electron chi connectivity index (χ3n) is 2.78. The topological polar surface area (TPSA) is 115 Å². The Labute approximate surface area is 112 Å². The predicted octanol–water partition coefficient (Wildman–Crippen LogP) is 0.839. The number of rotatable bonds is 6. The SMILES string of the molecule is Cc1cc([N+](=O)[O-])cc(S(=O)(=O)NCCCN)c1C. The minimum Gasteiger partial charge on any atom is -0.330 e. The zero-order valence-corrected chi connectivity index (χ0v) is 11.7. The van der Waals surface area contributed by atoms with E-state index >= 15 is 0 Å². The first-order valence-electron chi connectivity index (χ1n) is 5.75. The van der Waals surface area contributed by atoms with Gasteiger partial charge in [-0.15, -0.1) is 0 Å². The van der Waals surface area contributed by atoms with Gasteiger partial charge in [0, 0.05) is 18.7 Å². The Balaban J connectivity index is 3.21. The zero-order valence-electron chi connectivity index (χ0n) is 10.8. The third kappa shape index (κ3) is 3.72. The number of nitrogens with two attached hydrogens (primary N) is 1. The number of nitrogens with one attached hydrogen (secondary N) is 1. The van der Waals surface area contributed by atoms with Crippen LogP contribution in [0.2, 0.25) is 0 Å². The van der Waals surface area contributed by atoms with Crippen LogP contribution in [-0.2, 0) is 10.0 Å². The maximum Gasteiger partial charge on any atom is 0.271 e. The van der Waals surface area contributed by atoms with Gasteiger partial charge in [0.25, 0.3) is 5.69 Å². The smallest absolute Gasteiger partial charge is 0.271 e. The molecule has 8 heteroatoms. The highest BCUT2D eigenvalue weighted by Crippen LogP contribution is 2.25. The van der Waals surface area contributed by atoms with Gasteiger partial charge < -0.3 is 5.73 Å². The first-order valence-corrected chi connectivity index (χ1v) is 7.23. The van der Waals surface area contributed by atoms with Crippen LogP contribution in [0, 0.1) is 24.0 Å². The maximum absolute atomic E-state index is 12.1. The highest BCUT2D eigenvalue weighted by Gasteiger charge is 2.21. The number of sulfonamides is 1.